The molecule has 3 aromatic rings. The van der Waals surface area contributed by atoms with Gasteiger partial charge in [-0.25, -0.2) is 27.5 Å². The van der Waals surface area contributed by atoms with Crippen molar-refractivity contribution in [3.05, 3.63) is 40.8 Å². The molecule has 2 N–H and O–H groups in total. The Morgan fingerprint density at radius 1 is 1.35 bits per heavy atom. The molecule has 0 bridgehead atoms. The zero-order chi connectivity index (χ0) is 22.2. The van der Waals surface area contributed by atoms with Crippen LogP contribution in [-0.2, 0) is 14.8 Å². The number of ether oxygens (including phenoxy) is 2. The molecule has 1 fully saturated rings. The summed E-state index contributed by atoms with van der Waals surface area (Å²) in [4.78, 5) is 21.6. The van der Waals surface area contributed by atoms with Crippen molar-refractivity contribution in [1.82, 2.24) is 14.7 Å². The van der Waals surface area contributed by atoms with Gasteiger partial charge in [0.25, 0.3) is 5.91 Å². The van der Waals surface area contributed by atoms with Crippen LogP contribution < -0.4 is 14.8 Å². The summed E-state index contributed by atoms with van der Waals surface area (Å²) in [6, 6.07) is 4.11. The summed E-state index contributed by atoms with van der Waals surface area (Å²) in [5.74, 6) is -0.485. The van der Waals surface area contributed by atoms with E-state index >= 15 is 0 Å². The number of aromatic nitrogens is 2. The number of benzene rings is 1. The molecule has 0 aliphatic carbocycles. The molecule has 1 aromatic carbocycles. The molecule has 12 heteroatoms. The number of hydrogen-bond acceptors (Lipinski definition) is 9. The average molecular weight is 467 g/mol. The molecule has 31 heavy (non-hydrogen) atoms. The first-order chi connectivity index (χ1) is 14.7. The van der Waals surface area contributed by atoms with Crippen LogP contribution in [0.3, 0.4) is 0 Å². The number of anilines is 2. The number of hydrogen-bond donors (Lipinski definition) is 2. The quantitative estimate of drug-likeness (QED) is 0.569. The predicted octanol–water partition coefficient (Wildman–Crippen LogP) is 2.74. The van der Waals surface area contributed by atoms with Crippen molar-refractivity contribution in [1.29, 1.82) is 0 Å². The van der Waals surface area contributed by atoms with Gasteiger partial charge in [0.1, 0.15) is 34.6 Å². The maximum absolute atomic E-state index is 13.8. The van der Waals surface area contributed by atoms with Gasteiger partial charge in [-0.05, 0) is 24.6 Å². The number of carbonyl (C=O) groups is 1. The third-order valence-corrected chi connectivity index (χ3v) is 6.34. The molecule has 1 atom stereocenters. The number of nitrogens with zero attached hydrogens (tertiary/aromatic N) is 2. The molecular weight excluding hydrogens is 447 g/mol. The third kappa shape index (κ3) is 4.75. The Kier molecular flexibility index (Phi) is 5.77. The van der Waals surface area contributed by atoms with Gasteiger partial charge in [-0.1, -0.05) is 0 Å². The number of fused-ring (bicyclic) bond motifs is 1. The van der Waals surface area contributed by atoms with Crippen LogP contribution in [0.1, 0.15) is 21.7 Å². The fourth-order valence-electron chi connectivity index (χ4n) is 3.21. The molecule has 1 aliphatic heterocycles. The third-order valence-electron chi connectivity index (χ3n) is 4.59. The highest BCUT2D eigenvalue weighted by molar-refractivity contribution is 7.89. The maximum Gasteiger partial charge on any atom is 0.275 e. The first-order valence-electron chi connectivity index (χ1n) is 9.28. The topological polar surface area (TPSA) is 120 Å². The lowest BCUT2D eigenvalue weighted by Gasteiger charge is -2.17. The maximum atomic E-state index is 13.8. The summed E-state index contributed by atoms with van der Waals surface area (Å²) < 4.78 is 49.9. The number of nitrogens with one attached hydrogen (secondary N) is 2. The van der Waals surface area contributed by atoms with Crippen molar-refractivity contribution < 1.29 is 27.1 Å². The van der Waals surface area contributed by atoms with Crippen LogP contribution in [0.4, 0.5) is 15.9 Å². The van der Waals surface area contributed by atoms with Crippen LogP contribution in [0.15, 0.2) is 24.5 Å². The zero-order valence-electron chi connectivity index (χ0n) is 16.6. The van der Waals surface area contributed by atoms with Crippen LogP contribution in [0, 0.1) is 12.7 Å². The molecule has 0 saturated carbocycles. The van der Waals surface area contributed by atoms with Crippen molar-refractivity contribution in [3.63, 3.8) is 0 Å². The van der Waals surface area contributed by atoms with Gasteiger partial charge >= 0.3 is 0 Å². The van der Waals surface area contributed by atoms with Crippen LogP contribution >= 0.6 is 11.3 Å². The first kappa shape index (κ1) is 21.4. The molecule has 0 radical (unpaired) electrons. The number of thiophene rings is 1. The van der Waals surface area contributed by atoms with Crippen molar-refractivity contribution in [2.75, 3.05) is 24.8 Å². The second-order valence-electron chi connectivity index (χ2n) is 7.03. The Morgan fingerprint density at radius 3 is 2.87 bits per heavy atom. The van der Waals surface area contributed by atoms with Crippen molar-refractivity contribution >= 4 is 49.0 Å². The van der Waals surface area contributed by atoms with E-state index in [-0.39, 0.29) is 11.0 Å². The Hall–Kier alpha value is -2.83. The molecule has 4 rings (SSSR count). The highest BCUT2D eigenvalue weighted by Crippen LogP contribution is 2.37. The molecule has 164 valence electrons. The standard InChI is InChI=1S/C19H19FN4O5S2/c1-10-15-17(21-9-22-19(15)30-16(10)18(25)24-31(2,26)27)23-13-4-3-11(20)7-14(13)29-12-5-6-28-8-12/h3-4,7,9,12H,5-6,8H2,1-2H3,(H,24,25)(H,21,22,23)/t12-/m1/s1. The van der Waals surface area contributed by atoms with Gasteiger partial charge in [0.2, 0.25) is 10.0 Å². The highest BCUT2D eigenvalue weighted by Gasteiger charge is 2.23. The normalized spacial score (nSPS) is 16.4. The van der Waals surface area contributed by atoms with Crippen molar-refractivity contribution in [2.24, 2.45) is 0 Å². The second kappa shape index (κ2) is 8.36. The summed E-state index contributed by atoms with van der Waals surface area (Å²) >= 11 is 1.05. The number of aryl methyl sites for hydroxylation is 1. The predicted molar refractivity (Wildman–Crippen MR) is 114 cm³/mol. The van der Waals surface area contributed by atoms with E-state index in [1.54, 1.807) is 6.92 Å². The summed E-state index contributed by atoms with van der Waals surface area (Å²) in [6.07, 6.45) is 2.76. The molecule has 0 spiro atoms. The number of amides is 1. The number of sulfonamides is 1. The fraction of sp³-hybridized carbons (Fsp3) is 0.316. The minimum Gasteiger partial charge on any atom is -0.486 e. The van der Waals surface area contributed by atoms with Crippen molar-refractivity contribution in [3.8, 4) is 5.75 Å². The average Bonchev–Trinajstić information content (AvgIpc) is 3.31. The monoisotopic (exact) mass is 466 g/mol. The minimum atomic E-state index is -3.71. The SMILES string of the molecule is Cc1c(C(=O)NS(C)(=O)=O)sc2ncnc(Nc3ccc(F)cc3O[C@@H]3CCOC3)c12. The smallest absolute Gasteiger partial charge is 0.275 e. The van der Waals surface area contributed by atoms with E-state index < -0.39 is 21.7 Å². The lowest BCUT2D eigenvalue weighted by Crippen LogP contribution is -2.29. The summed E-state index contributed by atoms with van der Waals surface area (Å²) in [7, 11) is -3.71. The zero-order valence-corrected chi connectivity index (χ0v) is 18.3. The van der Waals surface area contributed by atoms with Gasteiger partial charge < -0.3 is 14.8 Å². The number of halogens is 1. The van der Waals surface area contributed by atoms with Gasteiger partial charge in [-0.3, -0.25) is 4.79 Å². The highest BCUT2D eigenvalue weighted by atomic mass is 32.2. The molecule has 9 nitrogen and oxygen atoms in total. The fourth-order valence-corrected chi connectivity index (χ4v) is 4.75. The van der Waals surface area contributed by atoms with Crippen LogP contribution in [-0.4, -0.2) is 49.9 Å². The van der Waals surface area contributed by atoms with E-state index in [1.165, 1.54) is 24.5 Å². The molecule has 3 heterocycles. The summed E-state index contributed by atoms with van der Waals surface area (Å²) in [6.45, 7) is 2.69. The summed E-state index contributed by atoms with van der Waals surface area (Å²) in [5.41, 5.74) is 1.01. The molecule has 2 aromatic heterocycles. The van der Waals surface area contributed by atoms with E-state index in [2.05, 4.69) is 15.3 Å². The van der Waals surface area contributed by atoms with E-state index in [0.717, 1.165) is 17.6 Å². The lowest BCUT2D eigenvalue weighted by atomic mass is 10.2. The lowest BCUT2D eigenvalue weighted by molar-refractivity contribution is 0.0985. The van der Waals surface area contributed by atoms with Gasteiger partial charge in [0.15, 0.2) is 0 Å². The second-order valence-corrected chi connectivity index (χ2v) is 9.78. The molecular formula is C19H19FN4O5S2. The molecule has 0 unspecified atom stereocenters. The Morgan fingerprint density at radius 2 is 2.16 bits per heavy atom. The van der Waals surface area contributed by atoms with E-state index in [1.807, 2.05) is 4.72 Å². The largest absolute Gasteiger partial charge is 0.486 e. The van der Waals surface area contributed by atoms with Crippen LogP contribution in [0.5, 0.6) is 5.75 Å². The Labute approximate surface area is 181 Å². The Balaban J connectivity index is 1.70. The van der Waals surface area contributed by atoms with Gasteiger partial charge in [0.05, 0.1) is 35.4 Å². The van der Waals surface area contributed by atoms with Crippen LogP contribution in [0.25, 0.3) is 10.2 Å². The van der Waals surface area contributed by atoms with Gasteiger partial charge in [0, 0.05) is 12.5 Å². The number of rotatable bonds is 6. The minimum absolute atomic E-state index is 0.179. The Bertz CT molecular complexity index is 1260. The molecule has 1 aliphatic rings. The van der Waals surface area contributed by atoms with E-state index in [9.17, 15) is 17.6 Å². The molecule has 1 saturated heterocycles. The molecule has 1 amide bonds. The first-order valence-corrected chi connectivity index (χ1v) is 12.0. The van der Waals surface area contributed by atoms with Gasteiger partial charge in [-0.2, -0.15) is 0 Å². The van der Waals surface area contributed by atoms with Gasteiger partial charge in [-0.15, -0.1) is 11.3 Å². The number of carbonyl (C=O) groups excluding carboxylic acids is 1. The van der Waals surface area contributed by atoms with E-state index in [4.69, 9.17) is 9.47 Å². The van der Waals surface area contributed by atoms with E-state index in [0.29, 0.717) is 52.7 Å². The summed E-state index contributed by atoms with van der Waals surface area (Å²) in [5, 5.41) is 3.69. The van der Waals surface area contributed by atoms with Crippen LogP contribution in [0.2, 0.25) is 0 Å². The van der Waals surface area contributed by atoms with Crippen molar-refractivity contribution in [2.45, 2.75) is 19.4 Å².